The van der Waals surface area contributed by atoms with Crippen molar-refractivity contribution in [1.29, 1.82) is 0 Å². The molecule has 0 saturated heterocycles. The summed E-state index contributed by atoms with van der Waals surface area (Å²) >= 11 is 1.88. The highest BCUT2D eigenvalue weighted by atomic mass is 32.1. The van der Waals surface area contributed by atoms with Gasteiger partial charge in [0.2, 0.25) is 0 Å². The van der Waals surface area contributed by atoms with Crippen LogP contribution in [-0.2, 0) is 0 Å². The molecule has 0 N–H and O–H groups in total. The monoisotopic (exact) mass is 733 g/mol. The third-order valence-corrected chi connectivity index (χ3v) is 12.1. The average Bonchev–Trinajstić information content (AvgIpc) is 3.81. The lowest BCUT2D eigenvalue weighted by atomic mass is 10.0. The van der Waals surface area contributed by atoms with E-state index in [0.29, 0.717) is 0 Å². The summed E-state index contributed by atoms with van der Waals surface area (Å²) in [5.41, 5.74) is 10.1. The van der Waals surface area contributed by atoms with Gasteiger partial charge in [0, 0.05) is 75.8 Å². The molecule has 56 heavy (non-hydrogen) atoms. The molecule has 11 aromatic rings. The normalized spacial score (nSPS) is 11.6. The van der Waals surface area contributed by atoms with Crippen LogP contribution in [0.25, 0.3) is 58.4 Å². The molecular weight excluding hydrogens is 699 g/mol. The Hall–Kier alpha value is -7.14. The van der Waals surface area contributed by atoms with Crippen molar-refractivity contribution in [1.82, 2.24) is 4.57 Å². The Balaban J connectivity index is 1.10. The predicted octanol–water partition coefficient (Wildman–Crippen LogP) is 15.2. The van der Waals surface area contributed by atoms with Crippen LogP contribution < -0.4 is 9.80 Å². The van der Waals surface area contributed by atoms with E-state index in [1.165, 1.54) is 52.8 Å². The number of aromatic nitrogens is 1. The Morgan fingerprint density at radius 3 is 1.64 bits per heavy atom. The van der Waals surface area contributed by atoms with Crippen LogP contribution in [0.3, 0.4) is 0 Å². The standard InChI is InChI=1S/C52H35N3S/c1-4-16-36(17-5-1)53(41-30-33-50-47(35-41)42-24-10-12-27-49(42)55(50)38-20-8-3-9-21-38)39-22-14-23-40(34-39)54(37-18-6-2-7-19-37)48-28-15-26-45-43(48)31-32-46-44-25-11-13-29-51(44)56-52(45)46/h1-35H. The van der Waals surface area contributed by atoms with Gasteiger partial charge in [0.1, 0.15) is 0 Å². The Morgan fingerprint density at radius 1 is 0.321 bits per heavy atom. The van der Waals surface area contributed by atoms with Gasteiger partial charge in [0.15, 0.2) is 0 Å². The van der Waals surface area contributed by atoms with E-state index in [9.17, 15) is 0 Å². The first-order valence-electron chi connectivity index (χ1n) is 19.0. The van der Waals surface area contributed by atoms with Crippen molar-refractivity contribution in [3.63, 3.8) is 0 Å². The molecule has 264 valence electrons. The molecule has 0 atom stereocenters. The molecule has 3 nitrogen and oxygen atoms in total. The largest absolute Gasteiger partial charge is 0.310 e. The second-order valence-corrected chi connectivity index (χ2v) is 15.2. The highest BCUT2D eigenvalue weighted by Gasteiger charge is 2.21. The average molecular weight is 734 g/mol. The second kappa shape index (κ2) is 13.3. The highest BCUT2D eigenvalue weighted by Crippen LogP contribution is 2.46. The van der Waals surface area contributed by atoms with Gasteiger partial charge in [-0.3, -0.25) is 0 Å². The van der Waals surface area contributed by atoms with Crippen LogP contribution in [0.4, 0.5) is 34.1 Å². The molecule has 0 spiro atoms. The summed E-state index contributed by atoms with van der Waals surface area (Å²) in [6, 6.07) is 76.8. The molecule has 0 amide bonds. The Bertz CT molecular complexity index is 3200. The fraction of sp³-hybridized carbons (Fsp3) is 0. The first-order chi connectivity index (χ1) is 27.8. The number of rotatable bonds is 7. The lowest BCUT2D eigenvalue weighted by Crippen LogP contribution is -2.13. The Kier molecular flexibility index (Phi) is 7.68. The van der Waals surface area contributed by atoms with Gasteiger partial charge in [-0.2, -0.15) is 0 Å². The minimum Gasteiger partial charge on any atom is -0.310 e. The number of para-hydroxylation sites is 4. The number of hydrogen-bond donors (Lipinski definition) is 0. The zero-order valence-corrected chi connectivity index (χ0v) is 31.3. The predicted molar refractivity (Wildman–Crippen MR) is 241 cm³/mol. The molecule has 0 aliphatic carbocycles. The fourth-order valence-electron chi connectivity index (χ4n) is 8.47. The summed E-state index contributed by atoms with van der Waals surface area (Å²) in [7, 11) is 0. The van der Waals surface area contributed by atoms with Crippen LogP contribution >= 0.6 is 11.3 Å². The number of hydrogen-bond acceptors (Lipinski definition) is 3. The summed E-state index contributed by atoms with van der Waals surface area (Å²) in [5.74, 6) is 0. The van der Waals surface area contributed by atoms with Crippen LogP contribution in [0.2, 0.25) is 0 Å². The van der Waals surface area contributed by atoms with Gasteiger partial charge in [-0.25, -0.2) is 0 Å². The number of thiophene rings is 1. The van der Waals surface area contributed by atoms with Gasteiger partial charge in [0.25, 0.3) is 0 Å². The first kappa shape index (κ1) is 32.3. The van der Waals surface area contributed by atoms with Gasteiger partial charge in [-0.15, -0.1) is 11.3 Å². The molecule has 2 heterocycles. The van der Waals surface area contributed by atoms with Crippen molar-refractivity contribution < 1.29 is 0 Å². The van der Waals surface area contributed by atoms with Crippen molar-refractivity contribution in [2.45, 2.75) is 0 Å². The third-order valence-electron chi connectivity index (χ3n) is 10.9. The van der Waals surface area contributed by atoms with E-state index >= 15 is 0 Å². The van der Waals surface area contributed by atoms with Crippen LogP contribution in [0.15, 0.2) is 212 Å². The quantitative estimate of drug-likeness (QED) is 0.162. The molecule has 0 bridgehead atoms. The van der Waals surface area contributed by atoms with E-state index < -0.39 is 0 Å². The summed E-state index contributed by atoms with van der Waals surface area (Å²) in [4.78, 5) is 4.79. The van der Waals surface area contributed by atoms with Crippen molar-refractivity contribution in [3.8, 4) is 5.69 Å². The maximum Gasteiger partial charge on any atom is 0.0542 e. The van der Waals surface area contributed by atoms with Crippen molar-refractivity contribution in [3.05, 3.63) is 212 Å². The van der Waals surface area contributed by atoms with Crippen LogP contribution in [0.1, 0.15) is 0 Å². The molecule has 4 heteroatoms. The van der Waals surface area contributed by atoms with Crippen molar-refractivity contribution in [2.24, 2.45) is 0 Å². The van der Waals surface area contributed by atoms with Crippen molar-refractivity contribution in [2.75, 3.05) is 9.80 Å². The number of nitrogens with zero attached hydrogens (tertiary/aromatic N) is 3. The molecular formula is C52H35N3S. The van der Waals surface area contributed by atoms with Gasteiger partial charge >= 0.3 is 0 Å². The van der Waals surface area contributed by atoms with Crippen LogP contribution in [0.5, 0.6) is 0 Å². The van der Waals surface area contributed by atoms with E-state index in [1.54, 1.807) is 0 Å². The first-order valence-corrected chi connectivity index (χ1v) is 19.8. The van der Waals surface area contributed by atoms with Crippen LogP contribution in [-0.4, -0.2) is 4.57 Å². The smallest absolute Gasteiger partial charge is 0.0542 e. The van der Waals surface area contributed by atoms with Gasteiger partial charge in [-0.05, 0) is 91.0 Å². The minimum atomic E-state index is 1.08. The minimum absolute atomic E-state index is 1.08. The lowest BCUT2D eigenvalue weighted by Gasteiger charge is -2.30. The second-order valence-electron chi connectivity index (χ2n) is 14.2. The van der Waals surface area contributed by atoms with Crippen molar-refractivity contribution >= 4 is 98.2 Å². The molecule has 2 aromatic heterocycles. The lowest BCUT2D eigenvalue weighted by molar-refractivity contribution is 1.18. The van der Waals surface area contributed by atoms with Gasteiger partial charge in [0.05, 0.1) is 16.7 Å². The topological polar surface area (TPSA) is 11.4 Å². The molecule has 0 unspecified atom stereocenters. The molecule has 0 saturated carbocycles. The summed E-state index contributed by atoms with van der Waals surface area (Å²) < 4.78 is 5.01. The Labute approximate surface area is 329 Å². The van der Waals surface area contributed by atoms with Gasteiger partial charge < -0.3 is 14.4 Å². The fourth-order valence-corrected chi connectivity index (χ4v) is 9.70. The third kappa shape index (κ3) is 5.26. The maximum absolute atomic E-state index is 2.41. The zero-order valence-electron chi connectivity index (χ0n) is 30.5. The summed E-state index contributed by atoms with van der Waals surface area (Å²) in [5, 5.41) is 7.57. The van der Waals surface area contributed by atoms with E-state index in [2.05, 4.69) is 227 Å². The molecule has 0 radical (unpaired) electrons. The maximum atomic E-state index is 2.41. The van der Waals surface area contributed by atoms with E-state index in [4.69, 9.17) is 0 Å². The van der Waals surface area contributed by atoms with E-state index in [1.807, 2.05) is 11.3 Å². The molecule has 11 rings (SSSR count). The van der Waals surface area contributed by atoms with E-state index in [0.717, 1.165) is 39.8 Å². The van der Waals surface area contributed by atoms with Gasteiger partial charge in [-0.1, -0.05) is 121 Å². The summed E-state index contributed by atoms with van der Waals surface area (Å²) in [6.45, 7) is 0. The number of fused-ring (bicyclic) bond motifs is 8. The highest BCUT2D eigenvalue weighted by molar-refractivity contribution is 7.26. The SMILES string of the molecule is c1ccc(N(c2cccc(N(c3ccccc3)c3cccc4c3ccc3c5ccccc5sc43)c2)c2ccc3c(c2)c2ccccc2n3-c2ccccc2)cc1. The van der Waals surface area contributed by atoms with E-state index in [-0.39, 0.29) is 0 Å². The Morgan fingerprint density at radius 2 is 0.857 bits per heavy atom. The number of benzene rings is 9. The molecule has 0 fully saturated rings. The molecule has 0 aliphatic heterocycles. The summed E-state index contributed by atoms with van der Waals surface area (Å²) in [6.07, 6.45) is 0. The number of anilines is 6. The molecule has 0 aliphatic rings. The zero-order chi connectivity index (χ0) is 37.0. The van der Waals surface area contributed by atoms with Crippen LogP contribution in [0, 0.1) is 0 Å². The molecule has 9 aromatic carbocycles.